The van der Waals surface area contributed by atoms with Gasteiger partial charge in [-0.05, 0) is 53.5 Å². The molecule has 0 heterocycles. The topological polar surface area (TPSA) is 26.3 Å². The Morgan fingerprint density at radius 1 is 1.10 bits per heavy atom. The maximum Gasteiger partial charge on any atom is 0.200 e. The highest BCUT2D eigenvalue weighted by Gasteiger charge is 2.11. The molecule has 0 aromatic heterocycles. The van der Waals surface area contributed by atoms with E-state index in [1.165, 1.54) is 0 Å². The van der Waals surface area contributed by atoms with Crippen molar-refractivity contribution in [2.24, 2.45) is 0 Å². The molecule has 0 saturated heterocycles. The van der Waals surface area contributed by atoms with E-state index >= 15 is 0 Å². The van der Waals surface area contributed by atoms with Gasteiger partial charge in [-0.1, -0.05) is 39.7 Å². The van der Waals surface area contributed by atoms with Crippen LogP contribution in [0.15, 0.2) is 45.3 Å². The monoisotopic (exact) mass is 396 g/mol. The smallest absolute Gasteiger partial charge is 0.200 e. The van der Waals surface area contributed by atoms with E-state index in [4.69, 9.17) is 4.74 Å². The number of hydrogen-bond acceptors (Lipinski definition) is 2. The lowest BCUT2D eigenvalue weighted by molar-refractivity contribution is 0.0920. The molecule has 2 aromatic rings. The zero-order chi connectivity index (χ0) is 14.7. The number of rotatable bonds is 4. The summed E-state index contributed by atoms with van der Waals surface area (Å²) in [7, 11) is 0. The minimum absolute atomic E-state index is 0.0164. The summed E-state index contributed by atoms with van der Waals surface area (Å²) in [5, 5.41) is 0. The predicted octanol–water partition coefficient (Wildman–Crippen LogP) is 5.09. The van der Waals surface area contributed by atoms with Crippen LogP contribution in [0.4, 0.5) is 0 Å². The summed E-state index contributed by atoms with van der Waals surface area (Å²) >= 11 is 6.79. The molecular formula is C16H14Br2O2. The Balaban J connectivity index is 2.08. The third-order valence-corrected chi connectivity index (χ3v) is 4.05. The van der Waals surface area contributed by atoms with Gasteiger partial charge >= 0.3 is 0 Å². The van der Waals surface area contributed by atoms with Crippen LogP contribution in [0.25, 0.3) is 0 Å². The number of ketones is 1. The van der Waals surface area contributed by atoms with Crippen LogP contribution >= 0.6 is 31.9 Å². The first kappa shape index (κ1) is 15.3. The second kappa shape index (κ2) is 6.55. The van der Waals surface area contributed by atoms with Gasteiger partial charge in [0.2, 0.25) is 0 Å². The van der Waals surface area contributed by atoms with E-state index in [0.717, 1.165) is 20.1 Å². The lowest BCUT2D eigenvalue weighted by Gasteiger charge is -2.09. The quantitative estimate of drug-likeness (QED) is 0.671. The SMILES string of the molecule is Cc1ccc(C(=O)COc2ccc(Br)cc2Br)c(C)c1. The van der Waals surface area contributed by atoms with Crippen molar-refractivity contribution in [1.29, 1.82) is 0 Å². The standard InChI is InChI=1S/C16H14Br2O2/c1-10-3-5-13(11(2)7-10)15(19)9-20-16-6-4-12(17)8-14(16)18/h3-8H,9H2,1-2H3. The molecule has 2 aromatic carbocycles. The highest BCUT2D eigenvalue weighted by molar-refractivity contribution is 9.11. The van der Waals surface area contributed by atoms with Gasteiger partial charge in [-0.15, -0.1) is 0 Å². The van der Waals surface area contributed by atoms with Crippen LogP contribution in [0.2, 0.25) is 0 Å². The number of carbonyl (C=O) groups excluding carboxylic acids is 1. The fourth-order valence-electron chi connectivity index (χ4n) is 1.94. The Morgan fingerprint density at radius 3 is 2.50 bits per heavy atom. The van der Waals surface area contributed by atoms with Crippen molar-refractivity contribution >= 4 is 37.6 Å². The molecule has 0 radical (unpaired) electrons. The largest absolute Gasteiger partial charge is 0.484 e. The van der Waals surface area contributed by atoms with Gasteiger partial charge in [0, 0.05) is 10.0 Å². The van der Waals surface area contributed by atoms with E-state index < -0.39 is 0 Å². The highest BCUT2D eigenvalue weighted by Crippen LogP contribution is 2.28. The molecule has 0 spiro atoms. The van der Waals surface area contributed by atoms with Gasteiger partial charge in [0.1, 0.15) is 5.75 Å². The summed E-state index contributed by atoms with van der Waals surface area (Å²) in [6.07, 6.45) is 0. The van der Waals surface area contributed by atoms with Gasteiger partial charge in [0.05, 0.1) is 4.47 Å². The number of hydrogen-bond donors (Lipinski definition) is 0. The summed E-state index contributed by atoms with van der Waals surface area (Å²) in [5.74, 6) is 0.642. The lowest BCUT2D eigenvalue weighted by Crippen LogP contribution is -2.13. The molecule has 0 N–H and O–H groups in total. The highest BCUT2D eigenvalue weighted by atomic mass is 79.9. The van der Waals surface area contributed by atoms with Crippen LogP contribution in [0.3, 0.4) is 0 Å². The molecule has 0 atom stereocenters. The second-order valence-corrected chi connectivity index (χ2v) is 6.37. The normalized spacial score (nSPS) is 10.4. The minimum Gasteiger partial charge on any atom is -0.484 e. The van der Waals surface area contributed by atoms with Crippen molar-refractivity contribution in [1.82, 2.24) is 0 Å². The van der Waals surface area contributed by atoms with E-state index in [0.29, 0.717) is 11.3 Å². The van der Waals surface area contributed by atoms with Gasteiger partial charge in [-0.2, -0.15) is 0 Å². The van der Waals surface area contributed by atoms with Gasteiger partial charge < -0.3 is 4.74 Å². The zero-order valence-electron chi connectivity index (χ0n) is 11.2. The Labute approximate surface area is 135 Å². The number of halogens is 2. The third-order valence-electron chi connectivity index (χ3n) is 2.94. The van der Waals surface area contributed by atoms with Crippen molar-refractivity contribution in [2.45, 2.75) is 13.8 Å². The molecular weight excluding hydrogens is 384 g/mol. The Kier molecular flexibility index (Phi) is 5.00. The first-order valence-corrected chi connectivity index (χ1v) is 7.74. The Bertz CT molecular complexity index is 651. The van der Waals surface area contributed by atoms with Crippen molar-refractivity contribution in [2.75, 3.05) is 6.61 Å². The fraction of sp³-hybridized carbons (Fsp3) is 0.188. The van der Waals surface area contributed by atoms with Crippen molar-refractivity contribution in [3.63, 3.8) is 0 Å². The maximum atomic E-state index is 12.2. The number of benzene rings is 2. The molecule has 20 heavy (non-hydrogen) atoms. The summed E-state index contributed by atoms with van der Waals surface area (Å²) in [5.41, 5.74) is 2.84. The van der Waals surface area contributed by atoms with Crippen molar-refractivity contribution < 1.29 is 9.53 Å². The maximum absolute atomic E-state index is 12.2. The van der Waals surface area contributed by atoms with Crippen LogP contribution in [-0.4, -0.2) is 12.4 Å². The number of Topliss-reactive ketones (excluding diaryl/α,β-unsaturated/α-hetero) is 1. The van der Waals surface area contributed by atoms with Crippen molar-refractivity contribution in [3.8, 4) is 5.75 Å². The van der Waals surface area contributed by atoms with E-state index in [1.54, 1.807) is 0 Å². The Morgan fingerprint density at radius 2 is 1.85 bits per heavy atom. The second-order valence-electron chi connectivity index (χ2n) is 4.60. The number of aryl methyl sites for hydroxylation is 2. The molecule has 0 saturated carbocycles. The van der Waals surface area contributed by atoms with Crippen LogP contribution in [0.5, 0.6) is 5.75 Å². The molecule has 0 bridgehead atoms. The minimum atomic E-state index is -0.0164. The van der Waals surface area contributed by atoms with E-state index in [1.807, 2.05) is 50.2 Å². The molecule has 0 aliphatic carbocycles. The fourth-order valence-corrected chi connectivity index (χ4v) is 3.10. The molecule has 2 nitrogen and oxygen atoms in total. The van der Waals surface area contributed by atoms with Crippen LogP contribution < -0.4 is 4.74 Å². The van der Waals surface area contributed by atoms with E-state index in [9.17, 15) is 4.79 Å². The number of carbonyl (C=O) groups is 1. The first-order valence-electron chi connectivity index (χ1n) is 6.15. The molecule has 104 valence electrons. The summed E-state index contributed by atoms with van der Waals surface area (Å²) < 4.78 is 7.35. The average molecular weight is 398 g/mol. The first-order chi connectivity index (χ1) is 9.47. The molecule has 0 unspecified atom stereocenters. The lowest BCUT2D eigenvalue weighted by atomic mass is 10.0. The van der Waals surface area contributed by atoms with Crippen LogP contribution in [0, 0.1) is 13.8 Å². The zero-order valence-corrected chi connectivity index (χ0v) is 14.4. The van der Waals surface area contributed by atoms with Gasteiger partial charge in [0.15, 0.2) is 12.4 Å². The third kappa shape index (κ3) is 3.70. The molecule has 2 rings (SSSR count). The molecule has 0 aliphatic rings. The van der Waals surface area contributed by atoms with Crippen LogP contribution in [0.1, 0.15) is 21.5 Å². The molecule has 4 heteroatoms. The van der Waals surface area contributed by atoms with E-state index in [-0.39, 0.29) is 12.4 Å². The summed E-state index contributed by atoms with van der Waals surface area (Å²) in [6.45, 7) is 3.98. The Hall–Kier alpha value is -1.13. The van der Waals surface area contributed by atoms with Crippen molar-refractivity contribution in [3.05, 3.63) is 62.0 Å². The summed E-state index contributed by atoms with van der Waals surface area (Å²) in [6, 6.07) is 11.4. The van der Waals surface area contributed by atoms with Crippen LogP contribution in [-0.2, 0) is 0 Å². The average Bonchev–Trinajstić information content (AvgIpc) is 2.37. The van der Waals surface area contributed by atoms with Gasteiger partial charge in [0.25, 0.3) is 0 Å². The van der Waals surface area contributed by atoms with Gasteiger partial charge in [-0.3, -0.25) is 4.79 Å². The predicted molar refractivity (Wildman–Crippen MR) is 87.6 cm³/mol. The molecule has 0 fully saturated rings. The molecule has 0 amide bonds. The van der Waals surface area contributed by atoms with E-state index in [2.05, 4.69) is 31.9 Å². The van der Waals surface area contributed by atoms with Gasteiger partial charge in [-0.25, -0.2) is 0 Å². The molecule has 0 aliphatic heterocycles. The summed E-state index contributed by atoms with van der Waals surface area (Å²) in [4.78, 5) is 12.2. The number of ether oxygens (including phenoxy) is 1.